The Morgan fingerprint density at radius 3 is 2.40 bits per heavy atom. The summed E-state index contributed by atoms with van der Waals surface area (Å²) in [6.07, 6.45) is 1.13. The molecule has 0 atom stereocenters. The van der Waals surface area contributed by atoms with Gasteiger partial charge in [-0.1, -0.05) is 19.6 Å². The molecule has 0 aromatic carbocycles. The Balaban J connectivity index is 1.64. The minimum atomic E-state index is -1.13. The highest BCUT2D eigenvalue weighted by Gasteiger charge is 2.34. The molecule has 2 aliphatic rings. The number of hydrogen-bond donors (Lipinski definition) is 1. The second kappa shape index (κ2) is 4.29. The maximum Gasteiger partial charge on any atom is 0.129 e. The van der Waals surface area contributed by atoms with Crippen molar-refractivity contribution in [2.75, 3.05) is 26.2 Å². The second-order valence-electron chi connectivity index (χ2n) is 5.89. The lowest BCUT2D eigenvalue weighted by atomic mass is 9.93. The van der Waals surface area contributed by atoms with Gasteiger partial charge in [0.25, 0.3) is 0 Å². The molecule has 2 heterocycles. The number of rotatable bonds is 2. The molecule has 2 nitrogen and oxygen atoms in total. The average molecular weight is 222 g/mol. The molecular weight excluding hydrogens is 200 g/mol. The number of nitrogens with zero attached hydrogens (tertiary/aromatic N) is 1. The Hall–Kier alpha value is -0.303. The first-order valence-corrected chi connectivity index (χ1v) is 9.49. The van der Waals surface area contributed by atoms with Crippen LogP contribution in [0.4, 0.5) is 0 Å². The predicted molar refractivity (Wildman–Crippen MR) is 67.5 cm³/mol. The fourth-order valence-corrected chi connectivity index (χ4v) is 2.66. The van der Waals surface area contributed by atoms with Crippen LogP contribution in [0, 0.1) is 17.4 Å². The largest absolute Gasteiger partial charge is 0.314 e. The fraction of sp³-hybridized carbons (Fsp3) is 0.833. The number of likely N-dealkylation sites (tertiary alicyclic amines) is 1. The van der Waals surface area contributed by atoms with Gasteiger partial charge in [0.1, 0.15) is 8.07 Å². The van der Waals surface area contributed by atoms with Crippen LogP contribution in [0.15, 0.2) is 0 Å². The maximum atomic E-state index is 3.45. The molecule has 2 rings (SSSR count). The summed E-state index contributed by atoms with van der Waals surface area (Å²) in [6.45, 7) is 11.9. The Kier molecular flexibility index (Phi) is 3.20. The van der Waals surface area contributed by atoms with E-state index in [2.05, 4.69) is 41.3 Å². The van der Waals surface area contributed by atoms with E-state index >= 15 is 0 Å². The standard InChI is InChI=1S/C12H22N2Si/c1-15(2,3)6-4-5-11-9-14(10-11)12-7-13-8-12/h11-13H,5,7-10H2,1-3H3. The lowest BCUT2D eigenvalue weighted by Gasteiger charge is -2.47. The zero-order valence-corrected chi connectivity index (χ0v) is 11.1. The summed E-state index contributed by atoms with van der Waals surface area (Å²) < 4.78 is 0. The topological polar surface area (TPSA) is 15.3 Å². The van der Waals surface area contributed by atoms with Gasteiger partial charge in [0, 0.05) is 38.6 Å². The zero-order chi connectivity index (χ0) is 10.9. The van der Waals surface area contributed by atoms with Gasteiger partial charge in [0.05, 0.1) is 0 Å². The summed E-state index contributed by atoms with van der Waals surface area (Å²) in [7, 11) is -1.13. The molecule has 15 heavy (non-hydrogen) atoms. The molecule has 0 aromatic rings. The van der Waals surface area contributed by atoms with Gasteiger partial charge in [-0.2, -0.15) is 0 Å². The quantitative estimate of drug-likeness (QED) is 0.557. The Labute approximate surface area is 94.4 Å². The van der Waals surface area contributed by atoms with Crippen molar-refractivity contribution in [2.24, 2.45) is 5.92 Å². The van der Waals surface area contributed by atoms with Crippen LogP contribution in [-0.2, 0) is 0 Å². The SMILES string of the molecule is C[Si](C)(C)C#CCC1CN(C2CNC2)C1. The van der Waals surface area contributed by atoms with Crippen LogP contribution < -0.4 is 5.32 Å². The average Bonchev–Trinajstić information content (AvgIpc) is 1.93. The van der Waals surface area contributed by atoms with Gasteiger partial charge in [-0.25, -0.2) is 0 Å². The molecule has 0 unspecified atom stereocenters. The van der Waals surface area contributed by atoms with Crippen LogP contribution in [0.25, 0.3) is 0 Å². The van der Waals surface area contributed by atoms with Gasteiger partial charge >= 0.3 is 0 Å². The Morgan fingerprint density at radius 2 is 1.93 bits per heavy atom. The summed E-state index contributed by atoms with van der Waals surface area (Å²) in [5.74, 6) is 4.25. The predicted octanol–water partition coefficient (Wildman–Crippen LogP) is 1.16. The minimum Gasteiger partial charge on any atom is -0.314 e. The first-order valence-electron chi connectivity index (χ1n) is 5.99. The monoisotopic (exact) mass is 222 g/mol. The smallest absolute Gasteiger partial charge is 0.129 e. The van der Waals surface area contributed by atoms with Crippen molar-refractivity contribution in [2.45, 2.75) is 32.1 Å². The number of nitrogens with one attached hydrogen (secondary N) is 1. The van der Waals surface area contributed by atoms with E-state index in [1.54, 1.807) is 0 Å². The van der Waals surface area contributed by atoms with Crippen LogP contribution in [0.5, 0.6) is 0 Å². The highest BCUT2D eigenvalue weighted by Crippen LogP contribution is 2.22. The Bertz CT molecular complexity index is 274. The van der Waals surface area contributed by atoms with E-state index in [0.29, 0.717) is 0 Å². The third-order valence-corrected chi connectivity index (χ3v) is 4.04. The first kappa shape index (κ1) is 11.2. The molecular formula is C12H22N2Si. The van der Waals surface area contributed by atoms with Crippen molar-refractivity contribution in [3.63, 3.8) is 0 Å². The molecule has 84 valence electrons. The van der Waals surface area contributed by atoms with Crippen LogP contribution in [0.1, 0.15) is 6.42 Å². The molecule has 0 aromatic heterocycles. The highest BCUT2D eigenvalue weighted by atomic mass is 28.3. The summed E-state index contributed by atoms with van der Waals surface area (Å²) in [6, 6.07) is 0.839. The van der Waals surface area contributed by atoms with E-state index in [4.69, 9.17) is 0 Å². The van der Waals surface area contributed by atoms with Crippen molar-refractivity contribution in [3.05, 3.63) is 0 Å². The highest BCUT2D eigenvalue weighted by molar-refractivity contribution is 6.83. The van der Waals surface area contributed by atoms with E-state index in [1.165, 1.54) is 26.2 Å². The van der Waals surface area contributed by atoms with Gasteiger partial charge in [-0.3, -0.25) is 4.90 Å². The molecule has 2 saturated heterocycles. The molecule has 0 radical (unpaired) electrons. The second-order valence-corrected chi connectivity index (χ2v) is 10.6. The molecule has 2 aliphatic heterocycles. The van der Waals surface area contributed by atoms with Gasteiger partial charge < -0.3 is 5.32 Å². The first-order chi connectivity index (χ1) is 7.04. The van der Waals surface area contributed by atoms with E-state index in [-0.39, 0.29) is 0 Å². The zero-order valence-electron chi connectivity index (χ0n) is 10.1. The molecule has 3 heteroatoms. The molecule has 0 spiro atoms. The lowest BCUT2D eigenvalue weighted by Crippen LogP contribution is -2.63. The Morgan fingerprint density at radius 1 is 1.27 bits per heavy atom. The van der Waals surface area contributed by atoms with Crippen molar-refractivity contribution < 1.29 is 0 Å². The van der Waals surface area contributed by atoms with E-state index < -0.39 is 8.07 Å². The van der Waals surface area contributed by atoms with E-state index in [0.717, 1.165) is 18.4 Å². The van der Waals surface area contributed by atoms with Gasteiger partial charge in [0.2, 0.25) is 0 Å². The third kappa shape index (κ3) is 3.07. The third-order valence-electron chi connectivity index (χ3n) is 3.12. The molecule has 2 fully saturated rings. The summed E-state index contributed by atoms with van der Waals surface area (Å²) >= 11 is 0. The molecule has 0 amide bonds. The van der Waals surface area contributed by atoms with Crippen LogP contribution in [0.3, 0.4) is 0 Å². The van der Waals surface area contributed by atoms with Crippen LogP contribution in [-0.4, -0.2) is 45.2 Å². The van der Waals surface area contributed by atoms with Crippen molar-refractivity contribution in [1.82, 2.24) is 10.2 Å². The fourth-order valence-electron chi connectivity index (χ4n) is 2.03. The summed E-state index contributed by atoms with van der Waals surface area (Å²) in [5, 5.41) is 3.32. The molecule has 0 saturated carbocycles. The molecule has 0 aliphatic carbocycles. The van der Waals surface area contributed by atoms with Crippen molar-refractivity contribution in [1.29, 1.82) is 0 Å². The number of hydrogen-bond acceptors (Lipinski definition) is 2. The van der Waals surface area contributed by atoms with Gasteiger partial charge in [0.15, 0.2) is 0 Å². The molecule has 0 bridgehead atoms. The van der Waals surface area contributed by atoms with Crippen LogP contribution in [0.2, 0.25) is 19.6 Å². The van der Waals surface area contributed by atoms with Crippen LogP contribution >= 0.6 is 0 Å². The summed E-state index contributed by atoms with van der Waals surface area (Å²) in [5.41, 5.74) is 3.45. The van der Waals surface area contributed by atoms with Gasteiger partial charge in [-0.05, 0) is 5.92 Å². The van der Waals surface area contributed by atoms with E-state index in [1.807, 2.05) is 0 Å². The summed E-state index contributed by atoms with van der Waals surface area (Å²) in [4.78, 5) is 2.59. The normalized spacial score (nSPS) is 23.9. The van der Waals surface area contributed by atoms with Crippen molar-refractivity contribution in [3.8, 4) is 11.5 Å². The molecule has 1 N–H and O–H groups in total. The van der Waals surface area contributed by atoms with Gasteiger partial charge in [-0.15, -0.1) is 11.5 Å². The minimum absolute atomic E-state index is 0.839. The maximum absolute atomic E-state index is 3.45. The van der Waals surface area contributed by atoms with Crippen molar-refractivity contribution >= 4 is 8.07 Å². The van der Waals surface area contributed by atoms with E-state index in [9.17, 15) is 0 Å². The lowest BCUT2D eigenvalue weighted by molar-refractivity contribution is 0.0311.